The second-order valence-corrected chi connectivity index (χ2v) is 6.62. The average molecular weight is 359 g/mol. The normalized spacial score (nSPS) is 10.3. The molecule has 0 saturated carbocycles. The first-order valence-electron chi connectivity index (χ1n) is 8.16. The molecule has 134 valence electrons. The molecule has 0 spiro atoms. The minimum atomic E-state index is 0.683. The van der Waals surface area contributed by atoms with Crippen molar-refractivity contribution in [1.82, 2.24) is 4.90 Å². The number of hydrogen-bond donors (Lipinski definition) is 1. The zero-order valence-electron chi connectivity index (χ0n) is 15.8. The minimum absolute atomic E-state index is 0.683. The smallest absolute Gasteiger partial charge is 0.173 e. The summed E-state index contributed by atoms with van der Waals surface area (Å²) in [5.74, 6) is 1.47. The maximum Gasteiger partial charge on any atom is 0.173 e. The molecule has 0 atom stereocenters. The quantitative estimate of drug-likeness (QED) is 0.798. The van der Waals surface area contributed by atoms with Crippen LogP contribution in [0.15, 0.2) is 30.3 Å². The summed E-state index contributed by atoms with van der Waals surface area (Å²) in [4.78, 5) is 2.02. The van der Waals surface area contributed by atoms with Gasteiger partial charge in [0, 0.05) is 19.3 Å². The maximum absolute atomic E-state index is 5.57. The molecule has 0 radical (unpaired) electrons. The summed E-state index contributed by atoms with van der Waals surface area (Å²) in [6.45, 7) is 6.89. The van der Waals surface area contributed by atoms with Crippen molar-refractivity contribution >= 4 is 23.0 Å². The van der Waals surface area contributed by atoms with E-state index in [1.807, 2.05) is 24.1 Å². The second-order valence-electron chi connectivity index (χ2n) is 6.24. The van der Waals surface area contributed by atoms with E-state index < -0.39 is 0 Å². The highest BCUT2D eigenvalue weighted by Crippen LogP contribution is 2.30. The molecule has 5 heteroatoms. The van der Waals surface area contributed by atoms with E-state index in [-0.39, 0.29) is 0 Å². The summed E-state index contributed by atoms with van der Waals surface area (Å²) >= 11 is 5.57. The molecule has 0 aliphatic rings. The van der Waals surface area contributed by atoms with Crippen LogP contribution in [0.3, 0.4) is 0 Å². The third-order valence-electron chi connectivity index (χ3n) is 4.23. The number of nitrogens with zero attached hydrogens (tertiary/aromatic N) is 1. The lowest BCUT2D eigenvalue weighted by Crippen LogP contribution is -2.31. The number of aryl methyl sites for hydroxylation is 3. The van der Waals surface area contributed by atoms with Crippen LogP contribution < -0.4 is 14.8 Å². The summed E-state index contributed by atoms with van der Waals surface area (Å²) in [6, 6.07) is 10.3. The van der Waals surface area contributed by atoms with Gasteiger partial charge in [-0.15, -0.1) is 0 Å². The molecule has 0 bridgehead atoms. The van der Waals surface area contributed by atoms with Crippen molar-refractivity contribution in [3.8, 4) is 11.5 Å². The van der Waals surface area contributed by atoms with Crippen LogP contribution >= 0.6 is 12.2 Å². The van der Waals surface area contributed by atoms with Crippen LogP contribution in [0.1, 0.15) is 22.3 Å². The third-order valence-corrected chi connectivity index (χ3v) is 4.64. The number of methoxy groups -OCH3 is 2. The average Bonchev–Trinajstić information content (AvgIpc) is 2.59. The summed E-state index contributed by atoms with van der Waals surface area (Å²) in [5, 5.41) is 4.03. The minimum Gasteiger partial charge on any atom is -0.493 e. The lowest BCUT2D eigenvalue weighted by molar-refractivity contribution is 0.353. The Balaban J connectivity index is 2.14. The SMILES string of the molecule is COc1cc(C)c(CN(C)C(=S)Nc2cc(C)ccc2C)cc1OC. The van der Waals surface area contributed by atoms with Gasteiger partial charge in [0.2, 0.25) is 0 Å². The van der Waals surface area contributed by atoms with Crippen molar-refractivity contribution in [2.45, 2.75) is 27.3 Å². The number of hydrogen-bond acceptors (Lipinski definition) is 3. The fourth-order valence-corrected chi connectivity index (χ4v) is 2.78. The molecule has 2 aromatic rings. The van der Waals surface area contributed by atoms with Crippen molar-refractivity contribution < 1.29 is 9.47 Å². The van der Waals surface area contributed by atoms with E-state index >= 15 is 0 Å². The predicted molar refractivity (Wildman–Crippen MR) is 108 cm³/mol. The van der Waals surface area contributed by atoms with Crippen LogP contribution in [0.25, 0.3) is 0 Å². The first-order chi connectivity index (χ1) is 11.8. The molecule has 2 aromatic carbocycles. The van der Waals surface area contributed by atoms with E-state index in [4.69, 9.17) is 21.7 Å². The Morgan fingerprint density at radius 3 is 2.28 bits per heavy atom. The Morgan fingerprint density at radius 1 is 1.00 bits per heavy atom. The Hall–Kier alpha value is -2.27. The molecule has 0 aromatic heterocycles. The van der Waals surface area contributed by atoms with Crippen molar-refractivity contribution in [3.05, 3.63) is 52.6 Å². The Kier molecular flexibility index (Phi) is 6.26. The Bertz CT molecular complexity index is 775. The number of rotatable bonds is 5. The van der Waals surface area contributed by atoms with E-state index in [9.17, 15) is 0 Å². The van der Waals surface area contributed by atoms with Gasteiger partial charge in [0.1, 0.15) is 0 Å². The van der Waals surface area contributed by atoms with Crippen molar-refractivity contribution in [2.24, 2.45) is 0 Å². The number of thiocarbonyl (C=S) groups is 1. The molecular weight excluding hydrogens is 332 g/mol. The molecule has 0 heterocycles. The van der Waals surface area contributed by atoms with E-state index in [1.54, 1.807) is 14.2 Å². The van der Waals surface area contributed by atoms with Crippen LogP contribution in [-0.4, -0.2) is 31.3 Å². The highest BCUT2D eigenvalue weighted by molar-refractivity contribution is 7.80. The van der Waals surface area contributed by atoms with Crippen molar-refractivity contribution in [2.75, 3.05) is 26.6 Å². The van der Waals surface area contributed by atoms with Crippen LogP contribution in [0.5, 0.6) is 11.5 Å². The third kappa shape index (κ3) is 4.63. The van der Waals surface area contributed by atoms with Gasteiger partial charge < -0.3 is 19.7 Å². The van der Waals surface area contributed by atoms with Gasteiger partial charge in [-0.2, -0.15) is 0 Å². The lowest BCUT2D eigenvalue weighted by atomic mass is 10.1. The summed E-state index contributed by atoms with van der Waals surface area (Å²) in [6.07, 6.45) is 0. The molecule has 25 heavy (non-hydrogen) atoms. The molecule has 0 aliphatic heterocycles. The molecule has 0 fully saturated rings. The molecule has 0 amide bonds. The van der Waals surface area contributed by atoms with Crippen LogP contribution in [0.2, 0.25) is 0 Å². The molecule has 0 aliphatic carbocycles. The van der Waals surface area contributed by atoms with Crippen LogP contribution in [-0.2, 0) is 6.54 Å². The number of nitrogens with one attached hydrogen (secondary N) is 1. The lowest BCUT2D eigenvalue weighted by Gasteiger charge is -2.23. The number of anilines is 1. The largest absolute Gasteiger partial charge is 0.493 e. The Morgan fingerprint density at radius 2 is 1.64 bits per heavy atom. The number of benzene rings is 2. The topological polar surface area (TPSA) is 33.7 Å². The molecule has 4 nitrogen and oxygen atoms in total. The highest BCUT2D eigenvalue weighted by atomic mass is 32.1. The summed E-state index contributed by atoms with van der Waals surface area (Å²) < 4.78 is 10.8. The van der Waals surface area contributed by atoms with Gasteiger partial charge in [-0.25, -0.2) is 0 Å². The molecule has 0 unspecified atom stereocenters. The van der Waals surface area contributed by atoms with Crippen LogP contribution in [0, 0.1) is 20.8 Å². The van der Waals surface area contributed by atoms with Gasteiger partial charge in [-0.05, 0) is 73.4 Å². The van der Waals surface area contributed by atoms with Crippen molar-refractivity contribution in [1.29, 1.82) is 0 Å². The van der Waals surface area contributed by atoms with Crippen LogP contribution in [0.4, 0.5) is 5.69 Å². The standard InChI is InChI=1S/C20H26N2O2S/c1-13-7-8-14(2)17(9-13)21-20(25)22(4)12-16-11-19(24-6)18(23-5)10-15(16)3/h7-11H,12H2,1-6H3,(H,21,25). The first-order valence-corrected chi connectivity index (χ1v) is 8.57. The molecule has 1 N–H and O–H groups in total. The van der Waals surface area contributed by atoms with Gasteiger partial charge >= 0.3 is 0 Å². The van der Waals surface area contributed by atoms with Gasteiger partial charge in [0.25, 0.3) is 0 Å². The van der Waals surface area contributed by atoms with Gasteiger partial charge in [-0.3, -0.25) is 0 Å². The number of ether oxygens (including phenoxy) is 2. The second kappa shape index (κ2) is 8.21. The molecule has 0 saturated heterocycles. The van der Waals surface area contributed by atoms with E-state index in [0.717, 1.165) is 28.3 Å². The monoisotopic (exact) mass is 358 g/mol. The first kappa shape index (κ1) is 19.1. The van der Waals surface area contributed by atoms with Gasteiger partial charge in [-0.1, -0.05) is 12.1 Å². The van der Waals surface area contributed by atoms with Gasteiger partial charge in [0.05, 0.1) is 14.2 Å². The zero-order chi connectivity index (χ0) is 18.6. The fraction of sp³-hybridized carbons (Fsp3) is 0.350. The van der Waals surface area contributed by atoms with Crippen molar-refractivity contribution in [3.63, 3.8) is 0 Å². The molecule has 2 rings (SSSR count). The zero-order valence-corrected chi connectivity index (χ0v) is 16.6. The summed E-state index contributed by atoms with van der Waals surface area (Å²) in [7, 11) is 5.27. The van der Waals surface area contributed by atoms with E-state index in [0.29, 0.717) is 11.7 Å². The van der Waals surface area contributed by atoms with E-state index in [2.05, 4.69) is 44.3 Å². The predicted octanol–water partition coefficient (Wildman–Crippen LogP) is 4.46. The highest BCUT2D eigenvalue weighted by Gasteiger charge is 2.12. The summed E-state index contributed by atoms with van der Waals surface area (Å²) in [5.41, 5.74) is 5.70. The Labute approximate surface area is 155 Å². The van der Waals surface area contributed by atoms with E-state index in [1.165, 1.54) is 11.1 Å². The van der Waals surface area contributed by atoms with Gasteiger partial charge in [0.15, 0.2) is 16.6 Å². The molecular formula is C20H26N2O2S. The maximum atomic E-state index is 5.57. The fourth-order valence-electron chi connectivity index (χ4n) is 2.60.